The number of para-hydroxylation sites is 3. The maximum atomic E-state index is 13.7. The topological polar surface area (TPSA) is 41.6 Å². The number of hydrogen-bond donors (Lipinski definition) is 1. The summed E-state index contributed by atoms with van der Waals surface area (Å²) in [5, 5.41) is 3.73. The van der Waals surface area contributed by atoms with Gasteiger partial charge in [-0.05, 0) is 48.2 Å². The van der Waals surface area contributed by atoms with Gasteiger partial charge in [-0.25, -0.2) is 0 Å². The average Bonchev–Trinajstić information content (AvgIpc) is 2.74. The van der Waals surface area contributed by atoms with Crippen molar-refractivity contribution in [3.8, 4) is 5.75 Å². The molecule has 0 bridgehead atoms. The van der Waals surface area contributed by atoms with E-state index in [4.69, 9.17) is 4.74 Å². The zero-order valence-electron chi connectivity index (χ0n) is 15.8. The lowest BCUT2D eigenvalue weighted by molar-refractivity contribution is 0.0947. The fraction of sp³-hybridized carbons (Fsp3) is 0.208. The number of methoxy groups -OCH3 is 1. The number of amides is 1. The molecule has 28 heavy (non-hydrogen) atoms. The number of ether oxygens (including phenoxy) is 1. The predicted molar refractivity (Wildman–Crippen MR) is 111 cm³/mol. The van der Waals surface area contributed by atoms with Crippen LogP contribution in [0.3, 0.4) is 0 Å². The number of carbonyl (C=O) groups is 1. The number of rotatable bonds is 2. The molecule has 1 aliphatic heterocycles. The number of benzene rings is 3. The Labute approximate surface area is 164 Å². The summed E-state index contributed by atoms with van der Waals surface area (Å²) in [4.78, 5) is 15.6. The van der Waals surface area contributed by atoms with E-state index in [1.165, 1.54) is 11.1 Å². The van der Waals surface area contributed by atoms with Crippen LogP contribution >= 0.6 is 0 Å². The maximum Gasteiger partial charge on any atom is 0.262 e. The maximum absolute atomic E-state index is 13.7. The van der Waals surface area contributed by atoms with Crippen molar-refractivity contribution in [2.24, 2.45) is 0 Å². The quantitative estimate of drug-likeness (QED) is 0.714. The molecule has 1 N–H and O–H groups in total. The van der Waals surface area contributed by atoms with Gasteiger partial charge in [-0.15, -0.1) is 0 Å². The van der Waals surface area contributed by atoms with Gasteiger partial charge in [0.25, 0.3) is 5.91 Å². The van der Waals surface area contributed by atoms with Gasteiger partial charge in [-0.3, -0.25) is 9.69 Å². The van der Waals surface area contributed by atoms with E-state index in [0.29, 0.717) is 11.3 Å². The summed E-state index contributed by atoms with van der Waals surface area (Å²) in [7, 11) is 1.65. The summed E-state index contributed by atoms with van der Waals surface area (Å²) in [6.45, 7) is 0. The first-order chi connectivity index (χ1) is 13.7. The van der Waals surface area contributed by atoms with Crippen molar-refractivity contribution in [2.45, 2.75) is 24.9 Å². The van der Waals surface area contributed by atoms with E-state index in [-0.39, 0.29) is 5.91 Å². The summed E-state index contributed by atoms with van der Waals surface area (Å²) < 4.78 is 5.62. The van der Waals surface area contributed by atoms with E-state index in [1.807, 2.05) is 53.4 Å². The molecule has 3 aromatic carbocycles. The highest BCUT2D eigenvalue weighted by Gasteiger charge is 2.48. The Morgan fingerprint density at radius 3 is 2.50 bits per heavy atom. The Morgan fingerprint density at radius 2 is 1.64 bits per heavy atom. The highest BCUT2D eigenvalue weighted by molar-refractivity contribution is 6.13. The SMILES string of the molecule is COc1ccccc1N1C(=O)c2ccccc2N[C@]12CCc1ccccc1C2. The molecule has 1 aliphatic carbocycles. The Balaban J connectivity index is 1.71. The van der Waals surface area contributed by atoms with E-state index in [2.05, 4.69) is 29.6 Å². The average molecular weight is 370 g/mol. The molecule has 1 heterocycles. The summed E-state index contributed by atoms with van der Waals surface area (Å²) in [5.41, 5.74) is 4.52. The highest BCUT2D eigenvalue weighted by Crippen LogP contribution is 2.44. The van der Waals surface area contributed by atoms with Gasteiger partial charge in [0.15, 0.2) is 0 Å². The van der Waals surface area contributed by atoms with Crippen LogP contribution in [0.15, 0.2) is 72.8 Å². The van der Waals surface area contributed by atoms with Crippen molar-refractivity contribution in [3.63, 3.8) is 0 Å². The van der Waals surface area contributed by atoms with Crippen LogP contribution in [0.1, 0.15) is 27.9 Å². The third-order valence-electron chi connectivity index (χ3n) is 5.89. The molecular formula is C24H22N2O2. The molecule has 0 saturated heterocycles. The number of nitrogens with zero attached hydrogens (tertiary/aromatic N) is 1. The first-order valence-corrected chi connectivity index (χ1v) is 9.63. The van der Waals surface area contributed by atoms with E-state index in [1.54, 1.807) is 7.11 Å². The molecule has 4 heteroatoms. The molecule has 5 rings (SSSR count). The van der Waals surface area contributed by atoms with E-state index in [0.717, 1.165) is 30.6 Å². The van der Waals surface area contributed by atoms with Gasteiger partial charge in [0.2, 0.25) is 0 Å². The molecule has 1 atom stereocenters. The normalized spacial score (nSPS) is 20.3. The molecule has 3 aromatic rings. The monoisotopic (exact) mass is 370 g/mol. The van der Waals surface area contributed by atoms with Gasteiger partial charge >= 0.3 is 0 Å². The Morgan fingerprint density at radius 1 is 0.929 bits per heavy atom. The van der Waals surface area contributed by atoms with Crippen molar-refractivity contribution in [3.05, 3.63) is 89.5 Å². The fourth-order valence-electron chi connectivity index (χ4n) is 4.57. The molecule has 140 valence electrons. The van der Waals surface area contributed by atoms with Crippen LogP contribution in [0.5, 0.6) is 5.75 Å². The number of anilines is 2. The Kier molecular flexibility index (Phi) is 3.86. The summed E-state index contributed by atoms with van der Waals surface area (Å²) in [6, 6.07) is 24.0. The zero-order chi connectivity index (χ0) is 19.1. The Hall–Kier alpha value is -3.27. The first-order valence-electron chi connectivity index (χ1n) is 9.63. The molecular weight excluding hydrogens is 348 g/mol. The van der Waals surface area contributed by atoms with E-state index < -0.39 is 5.66 Å². The van der Waals surface area contributed by atoms with Crippen molar-refractivity contribution in [2.75, 3.05) is 17.3 Å². The number of carbonyl (C=O) groups excluding carboxylic acids is 1. The highest BCUT2D eigenvalue weighted by atomic mass is 16.5. The summed E-state index contributed by atoms with van der Waals surface area (Å²) >= 11 is 0. The molecule has 1 spiro atoms. The molecule has 2 aliphatic rings. The van der Waals surface area contributed by atoms with Crippen molar-refractivity contribution in [1.29, 1.82) is 0 Å². The second kappa shape index (κ2) is 6.41. The minimum atomic E-state index is -0.519. The molecule has 4 nitrogen and oxygen atoms in total. The number of aryl methyl sites for hydroxylation is 1. The first kappa shape index (κ1) is 16.9. The fourth-order valence-corrected chi connectivity index (χ4v) is 4.57. The Bertz CT molecular complexity index is 1060. The van der Waals surface area contributed by atoms with Crippen LogP contribution in [0.25, 0.3) is 0 Å². The van der Waals surface area contributed by atoms with Gasteiger partial charge in [0.05, 0.1) is 18.4 Å². The van der Waals surface area contributed by atoms with Gasteiger partial charge in [-0.2, -0.15) is 0 Å². The lowest BCUT2D eigenvalue weighted by Gasteiger charge is -2.51. The second-order valence-electron chi connectivity index (χ2n) is 7.46. The van der Waals surface area contributed by atoms with Crippen LogP contribution in [0.2, 0.25) is 0 Å². The lowest BCUT2D eigenvalue weighted by Crippen LogP contribution is -2.63. The van der Waals surface area contributed by atoms with Crippen molar-refractivity contribution >= 4 is 17.3 Å². The zero-order valence-corrected chi connectivity index (χ0v) is 15.8. The van der Waals surface area contributed by atoms with Gasteiger partial charge in [0.1, 0.15) is 11.4 Å². The third kappa shape index (κ3) is 2.48. The third-order valence-corrected chi connectivity index (χ3v) is 5.89. The van der Waals surface area contributed by atoms with Crippen LogP contribution in [0, 0.1) is 0 Å². The molecule has 1 amide bonds. The minimum Gasteiger partial charge on any atom is -0.495 e. The smallest absolute Gasteiger partial charge is 0.262 e. The van der Waals surface area contributed by atoms with Crippen LogP contribution < -0.4 is 15.0 Å². The predicted octanol–water partition coefficient (Wildman–Crippen LogP) is 4.65. The summed E-state index contributed by atoms with van der Waals surface area (Å²) in [6.07, 6.45) is 2.51. The van der Waals surface area contributed by atoms with Gasteiger partial charge < -0.3 is 10.1 Å². The van der Waals surface area contributed by atoms with Crippen LogP contribution in [0.4, 0.5) is 11.4 Å². The minimum absolute atomic E-state index is 0.0123. The molecule has 0 saturated carbocycles. The number of nitrogens with one attached hydrogen (secondary N) is 1. The van der Waals surface area contributed by atoms with Gasteiger partial charge in [-0.1, -0.05) is 48.5 Å². The number of fused-ring (bicyclic) bond motifs is 2. The van der Waals surface area contributed by atoms with Crippen LogP contribution in [-0.2, 0) is 12.8 Å². The standard InChI is InChI=1S/C24H22N2O2/c1-28-22-13-7-6-12-21(22)26-23(27)19-10-4-5-11-20(19)25-24(26)15-14-17-8-2-3-9-18(17)16-24/h2-13,25H,14-16H2,1H3/t24-/m1/s1. The molecule has 0 unspecified atom stereocenters. The van der Waals surface area contributed by atoms with E-state index in [9.17, 15) is 4.79 Å². The van der Waals surface area contributed by atoms with Crippen molar-refractivity contribution < 1.29 is 9.53 Å². The largest absolute Gasteiger partial charge is 0.495 e. The number of hydrogen-bond acceptors (Lipinski definition) is 3. The molecule has 0 aromatic heterocycles. The lowest BCUT2D eigenvalue weighted by atomic mass is 9.80. The second-order valence-corrected chi connectivity index (χ2v) is 7.46. The van der Waals surface area contributed by atoms with Crippen LogP contribution in [-0.4, -0.2) is 18.7 Å². The van der Waals surface area contributed by atoms with Crippen molar-refractivity contribution in [1.82, 2.24) is 0 Å². The van der Waals surface area contributed by atoms with Gasteiger partial charge in [0, 0.05) is 12.1 Å². The summed E-state index contributed by atoms with van der Waals surface area (Å²) in [5.74, 6) is 0.716. The molecule has 0 radical (unpaired) electrons. The van der Waals surface area contributed by atoms with E-state index >= 15 is 0 Å². The molecule has 0 fully saturated rings.